The van der Waals surface area contributed by atoms with Gasteiger partial charge >= 0.3 is 5.97 Å². The molecule has 0 unspecified atom stereocenters. The van der Waals surface area contributed by atoms with Crippen molar-refractivity contribution in [1.82, 2.24) is 9.67 Å². The van der Waals surface area contributed by atoms with Gasteiger partial charge in [0.05, 0.1) is 35.1 Å². The van der Waals surface area contributed by atoms with Crippen LogP contribution in [0.4, 0.5) is 0 Å². The molecule has 0 saturated heterocycles. The van der Waals surface area contributed by atoms with Gasteiger partial charge in [-0.1, -0.05) is 47.7 Å². The lowest BCUT2D eigenvalue weighted by atomic mass is 10.1. The van der Waals surface area contributed by atoms with Gasteiger partial charge in [-0.3, -0.25) is 4.79 Å². The lowest BCUT2D eigenvalue weighted by Gasteiger charge is -2.08. The number of carbonyl (C=O) groups is 1. The topological polar surface area (TPSA) is 115 Å². The van der Waals surface area contributed by atoms with E-state index < -0.39 is 15.9 Å². The number of aryl methyl sites for hydroxylation is 4. The molecule has 0 atom stereocenters. The van der Waals surface area contributed by atoms with Gasteiger partial charge in [0.15, 0.2) is 0 Å². The average Bonchev–Trinajstić information content (AvgIpc) is 3.23. The first-order chi connectivity index (χ1) is 20.0. The minimum atomic E-state index is -4.16. The zero-order chi connectivity index (χ0) is 30.6. The van der Waals surface area contributed by atoms with E-state index in [0.717, 1.165) is 62.7 Å². The van der Waals surface area contributed by atoms with Crippen LogP contribution in [-0.2, 0) is 44.8 Å². The minimum absolute atomic E-state index is 0.137. The summed E-state index contributed by atoms with van der Waals surface area (Å²) >= 11 is 0. The number of benzene rings is 2. The van der Waals surface area contributed by atoms with Gasteiger partial charge in [-0.2, -0.15) is 0 Å². The van der Waals surface area contributed by atoms with Crippen molar-refractivity contribution in [3.63, 3.8) is 0 Å². The highest BCUT2D eigenvalue weighted by atomic mass is 32.2. The number of rotatable bonds is 8. The number of esters is 1. The van der Waals surface area contributed by atoms with Crippen LogP contribution in [0.2, 0.25) is 0 Å². The van der Waals surface area contributed by atoms with Crippen molar-refractivity contribution in [3.8, 4) is 5.75 Å². The van der Waals surface area contributed by atoms with Crippen LogP contribution < -0.4 is 9.25 Å². The fraction of sp³-hybridized carbons (Fsp3) is 0.344. The Labute approximate surface area is 246 Å². The van der Waals surface area contributed by atoms with E-state index in [2.05, 4.69) is 26.0 Å². The maximum Gasteiger partial charge on any atom is 0.325 e. The van der Waals surface area contributed by atoms with E-state index in [1.165, 1.54) is 5.56 Å². The number of fused-ring (bicyclic) bond motifs is 5. The van der Waals surface area contributed by atoms with E-state index in [0.29, 0.717) is 12.2 Å². The van der Waals surface area contributed by atoms with Gasteiger partial charge in [-0.05, 0) is 56.9 Å². The molecule has 0 fully saturated rings. The maximum absolute atomic E-state index is 12.4. The minimum Gasteiger partial charge on any atom is -0.748 e. The smallest absolute Gasteiger partial charge is 0.325 e. The van der Waals surface area contributed by atoms with Gasteiger partial charge in [0, 0.05) is 34.1 Å². The quantitative estimate of drug-likeness (QED) is 0.142. The molecule has 9 nitrogen and oxygen atoms in total. The molecule has 0 bridgehead atoms. The van der Waals surface area contributed by atoms with E-state index in [4.69, 9.17) is 14.6 Å². The van der Waals surface area contributed by atoms with Crippen LogP contribution >= 0.6 is 0 Å². The summed E-state index contributed by atoms with van der Waals surface area (Å²) in [7, 11) is -2.51. The summed E-state index contributed by atoms with van der Waals surface area (Å²) < 4.78 is 46.0. The molecule has 5 aromatic rings. The van der Waals surface area contributed by atoms with Gasteiger partial charge in [0.1, 0.15) is 23.5 Å². The molecule has 0 N–H and O–H groups in total. The van der Waals surface area contributed by atoms with Crippen molar-refractivity contribution in [3.05, 3.63) is 82.7 Å². The Bertz CT molecular complexity index is 1860. The van der Waals surface area contributed by atoms with Crippen molar-refractivity contribution in [1.29, 1.82) is 0 Å². The third-order valence-corrected chi connectivity index (χ3v) is 7.71. The first-order valence-electron chi connectivity index (χ1n) is 14.0. The Balaban J connectivity index is 0.000000262. The summed E-state index contributed by atoms with van der Waals surface area (Å²) in [6, 6.07) is 15.6. The number of hydrogen-bond donors (Lipinski definition) is 0. The lowest BCUT2D eigenvalue weighted by molar-refractivity contribution is -0.580. The predicted octanol–water partition coefficient (Wildman–Crippen LogP) is 4.97. The SMILES string of the molecule is CCOC(=O)Cn1c2cc(OC)ccc2c2cc[n+]3nc(CC)c(CC)cc3c21.Cc1cc(C)cc(CS(=O)(=O)[O-])c1. The second-order valence-electron chi connectivity index (χ2n) is 10.2. The molecule has 42 heavy (non-hydrogen) atoms. The third-order valence-electron chi connectivity index (χ3n) is 7.03. The molecule has 0 amide bonds. The standard InChI is InChI=1S/C23H26N3O3.C9H12O3S/c1-5-15-12-21-23-18(10-11-26(21)24-19(15)6-2)17-9-8-16(28-4)13-20(17)25(23)14-22(27)29-7-3;1-7-3-8(2)5-9(4-7)6-13(10,11)12/h8-13H,5-7,14H2,1-4H3;3-5H,6H2,1-2H3,(H,10,11,12)/q+1;/p-1. The molecule has 3 heterocycles. The Morgan fingerprint density at radius 1 is 0.976 bits per heavy atom. The molecule has 0 spiro atoms. The number of hydrogen-bond acceptors (Lipinski definition) is 7. The highest BCUT2D eigenvalue weighted by Crippen LogP contribution is 2.33. The molecule has 2 aromatic carbocycles. The van der Waals surface area contributed by atoms with Crippen molar-refractivity contribution < 1.29 is 31.8 Å². The fourth-order valence-electron chi connectivity index (χ4n) is 5.39. The Hall–Kier alpha value is -4.02. The summed E-state index contributed by atoms with van der Waals surface area (Å²) in [6.07, 6.45) is 3.79. The van der Waals surface area contributed by atoms with E-state index >= 15 is 0 Å². The van der Waals surface area contributed by atoms with Crippen LogP contribution in [0.5, 0.6) is 5.75 Å². The number of pyridine rings is 1. The maximum atomic E-state index is 12.4. The van der Waals surface area contributed by atoms with Crippen LogP contribution in [-0.4, -0.2) is 42.3 Å². The number of aromatic nitrogens is 3. The van der Waals surface area contributed by atoms with Crippen LogP contribution in [0.3, 0.4) is 0 Å². The predicted molar refractivity (Wildman–Crippen MR) is 162 cm³/mol. The second-order valence-corrected chi connectivity index (χ2v) is 11.6. The van der Waals surface area contributed by atoms with Crippen LogP contribution in [0.25, 0.3) is 27.3 Å². The van der Waals surface area contributed by atoms with Crippen molar-refractivity contribution in [2.75, 3.05) is 13.7 Å². The highest BCUT2D eigenvalue weighted by molar-refractivity contribution is 7.84. The van der Waals surface area contributed by atoms with Crippen LogP contribution in [0.15, 0.2) is 54.7 Å². The number of nitrogens with zero attached hydrogens (tertiary/aromatic N) is 3. The van der Waals surface area contributed by atoms with Gasteiger partial charge in [-0.25, -0.2) is 8.42 Å². The normalized spacial score (nSPS) is 11.5. The highest BCUT2D eigenvalue weighted by Gasteiger charge is 2.22. The zero-order valence-corrected chi connectivity index (χ0v) is 25.7. The molecule has 0 aliphatic rings. The molecular formula is C32H37N3O6S. The monoisotopic (exact) mass is 591 g/mol. The van der Waals surface area contributed by atoms with Crippen molar-refractivity contribution >= 4 is 43.4 Å². The van der Waals surface area contributed by atoms with Gasteiger partial charge in [-0.15, -0.1) is 0 Å². The van der Waals surface area contributed by atoms with Gasteiger partial charge in [0.2, 0.25) is 6.20 Å². The van der Waals surface area contributed by atoms with E-state index in [1.807, 2.05) is 60.3 Å². The molecule has 222 valence electrons. The van der Waals surface area contributed by atoms with Crippen molar-refractivity contribution in [2.24, 2.45) is 0 Å². The summed E-state index contributed by atoms with van der Waals surface area (Å²) in [6.45, 7) is 10.3. The number of ether oxygens (including phenoxy) is 2. The summed E-state index contributed by atoms with van der Waals surface area (Å²) in [4.78, 5) is 12.4. The average molecular weight is 592 g/mol. The fourth-order valence-corrected chi connectivity index (χ4v) is 5.96. The Morgan fingerprint density at radius 3 is 2.29 bits per heavy atom. The number of carbonyl (C=O) groups excluding carboxylic acids is 1. The molecular weight excluding hydrogens is 554 g/mol. The van der Waals surface area contributed by atoms with Crippen LogP contribution in [0.1, 0.15) is 48.7 Å². The summed E-state index contributed by atoms with van der Waals surface area (Å²) in [5, 5.41) is 7.00. The molecule has 3 aromatic heterocycles. The first-order valence-corrected chi connectivity index (χ1v) is 15.5. The largest absolute Gasteiger partial charge is 0.748 e. The van der Waals surface area contributed by atoms with Crippen molar-refractivity contribution in [2.45, 2.75) is 59.8 Å². The molecule has 10 heteroatoms. The van der Waals surface area contributed by atoms with Crippen LogP contribution in [0, 0.1) is 13.8 Å². The Kier molecular flexibility index (Phi) is 9.48. The molecule has 0 radical (unpaired) electrons. The molecule has 0 aliphatic carbocycles. The van der Waals surface area contributed by atoms with Gasteiger partial charge < -0.3 is 18.6 Å². The molecule has 0 aliphatic heterocycles. The van der Waals surface area contributed by atoms with E-state index in [1.54, 1.807) is 19.2 Å². The lowest BCUT2D eigenvalue weighted by Crippen LogP contribution is -2.29. The van der Waals surface area contributed by atoms with E-state index in [-0.39, 0.29) is 12.5 Å². The third kappa shape index (κ3) is 6.88. The first kappa shape index (κ1) is 30.9. The number of methoxy groups -OCH3 is 1. The molecule has 5 rings (SSSR count). The molecule has 0 saturated carbocycles. The zero-order valence-electron chi connectivity index (χ0n) is 24.9. The summed E-state index contributed by atoms with van der Waals surface area (Å²) in [5.74, 6) is 0.0724. The summed E-state index contributed by atoms with van der Waals surface area (Å²) in [5.41, 5.74) is 7.73. The van der Waals surface area contributed by atoms with E-state index in [9.17, 15) is 17.8 Å². The van der Waals surface area contributed by atoms with Gasteiger partial charge in [0.25, 0.3) is 5.52 Å². The second kappa shape index (κ2) is 12.9. The Morgan fingerprint density at radius 2 is 1.69 bits per heavy atom.